The Morgan fingerprint density at radius 3 is 2.81 bits per heavy atom. The van der Waals surface area contributed by atoms with Crippen LogP contribution in [0.1, 0.15) is 75.6 Å². The van der Waals surface area contributed by atoms with Gasteiger partial charge < -0.3 is 14.8 Å². The lowest BCUT2D eigenvalue weighted by Crippen LogP contribution is -2.33. The zero-order valence-electron chi connectivity index (χ0n) is 15.2. The molecule has 0 unspecified atom stereocenters. The highest BCUT2D eigenvalue weighted by molar-refractivity contribution is 7.14. The van der Waals surface area contributed by atoms with Gasteiger partial charge in [0.25, 0.3) is 11.8 Å². The Bertz CT molecular complexity index is 885. The van der Waals surface area contributed by atoms with Crippen LogP contribution in [0.3, 0.4) is 0 Å². The summed E-state index contributed by atoms with van der Waals surface area (Å²) in [4.78, 5) is 29.2. The second-order valence-corrected chi connectivity index (χ2v) is 8.77. The molecule has 0 bridgehead atoms. The van der Waals surface area contributed by atoms with Gasteiger partial charge in [-0.3, -0.25) is 9.59 Å². The predicted molar refractivity (Wildman–Crippen MR) is 101 cm³/mol. The Morgan fingerprint density at radius 2 is 1.96 bits per heavy atom. The molecule has 0 radical (unpaired) electrons. The van der Waals surface area contributed by atoms with Crippen molar-refractivity contribution in [2.75, 3.05) is 6.54 Å². The number of carbonyl (C=O) groups is 2. The molecule has 3 aliphatic rings. The predicted octanol–water partition coefficient (Wildman–Crippen LogP) is 2.55. The molecule has 1 saturated carbocycles. The number of hydrogen-bond donors (Lipinski definition) is 1. The summed E-state index contributed by atoms with van der Waals surface area (Å²) in [6, 6.07) is 4.27. The molecular weight excluding hydrogens is 362 g/mol. The third-order valence-electron chi connectivity index (χ3n) is 5.66. The van der Waals surface area contributed by atoms with Gasteiger partial charge >= 0.3 is 0 Å². The summed E-state index contributed by atoms with van der Waals surface area (Å²) in [6.07, 6.45) is 7.14. The van der Waals surface area contributed by atoms with Crippen molar-refractivity contribution in [3.05, 3.63) is 33.5 Å². The maximum absolute atomic E-state index is 13.2. The average Bonchev–Trinajstić information content (AvgIpc) is 3.12. The molecule has 0 spiro atoms. The monoisotopic (exact) mass is 385 g/mol. The van der Waals surface area contributed by atoms with Crippen LogP contribution in [-0.4, -0.2) is 44.1 Å². The standard InChI is InChI=1S/C19H23N5O2S/c25-18(20-12-6-7-12)15-9-8-14(27-15)13-4-3-11-23(13)19(26)17-22-21-16-5-1-2-10-24(16)17/h8-9,12-13H,1-7,10-11H2,(H,20,25)/t13-/m0/s1. The van der Waals surface area contributed by atoms with Gasteiger partial charge in [0, 0.05) is 30.4 Å². The number of aromatic nitrogens is 3. The Morgan fingerprint density at radius 1 is 1.07 bits per heavy atom. The summed E-state index contributed by atoms with van der Waals surface area (Å²) >= 11 is 1.51. The fourth-order valence-corrected chi connectivity index (χ4v) is 5.10. The maximum Gasteiger partial charge on any atom is 0.292 e. The van der Waals surface area contributed by atoms with E-state index in [1.165, 1.54) is 11.3 Å². The van der Waals surface area contributed by atoms with Crippen LogP contribution in [0.5, 0.6) is 0 Å². The van der Waals surface area contributed by atoms with Crippen molar-refractivity contribution in [2.24, 2.45) is 0 Å². The molecule has 2 fully saturated rings. The highest BCUT2D eigenvalue weighted by atomic mass is 32.1. The zero-order chi connectivity index (χ0) is 18.4. The Labute approximate surface area is 161 Å². The SMILES string of the molecule is O=C(NC1CC1)c1ccc([C@@H]2CCCN2C(=O)c2nnc3n2CCCC3)s1. The maximum atomic E-state index is 13.2. The van der Waals surface area contributed by atoms with Gasteiger partial charge in [0.15, 0.2) is 0 Å². The summed E-state index contributed by atoms with van der Waals surface area (Å²) in [5.74, 6) is 1.38. The van der Waals surface area contributed by atoms with Crippen molar-refractivity contribution >= 4 is 23.2 Å². The van der Waals surface area contributed by atoms with Gasteiger partial charge in [-0.25, -0.2) is 0 Å². The third kappa shape index (κ3) is 3.16. The van der Waals surface area contributed by atoms with Crippen LogP contribution < -0.4 is 5.32 Å². The summed E-state index contributed by atoms with van der Waals surface area (Å²) in [5, 5.41) is 11.5. The van der Waals surface area contributed by atoms with E-state index in [0.29, 0.717) is 11.9 Å². The van der Waals surface area contributed by atoms with Gasteiger partial charge in [-0.2, -0.15) is 0 Å². The quantitative estimate of drug-likeness (QED) is 0.877. The van der Waals surface area contributed by atoms with Crippen LogP contribution in [0.2, 0.25) is 0 Å². The Balaban J connectivity index is 1.36. The lowest BCUT2D eigenvalue weighted by atomic mass is 10.1. The van der Waals surface area contributed by atoms with Crippen LogP contribution in [0.25, 0.3) is 0 Å². The van der Waals surface area contributed by atoms with E-state index in [1.54, 1.807) is 0 Å². The number of nitrogens with zero attached hydrogens (tertiary/aromatic N) is 4. The minimum Gasteiger partial charge on any atom is -0.349 e. The Hall–Kier alpha value is -2.22. The molecule has 2 aliphatic heterocycles. The second kappa shape index (κ2) is 6.74. The van der Waals surface area contributed by atoms with E-state index in [2.05, 4.69) is 15.5 Å². The molecule has 0 aromatic carbocycles. The average molecular weight is 385 g/mol. The number of aryl methyl sites for hydroxylation is 1. The normalized spacial score (nSPS) is 21.9. The van der Waals surface area contributed by atoms with Crippen LogP contribution in [-0.2, 0) is 13.0 Å². The fourth-order valence-electron chi connectivity index (χ4n) is 4.04. The lowest BCUT2D eigenvalue weighted by molar-refractivity contribution is 0.0718. The molecule has 2 aromatic rings. The molecule has 2 aromatic heterocycles. The van der Waals surface area contributed by atoms with Gasteiger partial charge in [-0.05, 0) is 50.7 Å². The molecule has 2 amide bonds. The fraction of sp³-hybridized carbons (Fsp3) is 0.579. The van der Waals surface area contributed by atoms with Crippen molar-refractivity contribution in [3.63, 3.8) is 0 Å². The molecule has 1 N–H and O–H groups in total. The molecule has 27 heavy (non-hydrogen) atoms. The van der Waals surface area contributed by atoms with Crippen LogP contribution in [0.4, 0.5) is 0 Å². The van der Waals surface area contributed by atoms with E-state index in [1.807, 2.05) is 21.6 Å². The first-order valence-electron chi connectivity index (χ1n) is 9.84. The number of thiophene rings is 1. The van der Waals surface area contributed by atoms with Crippen molar-refractivity contribution in [1.29, 1.82) is 0 Å². The molecule has 1 saturated heterocycles. The smallest absolute Gasteiger partial charge is 0.292 e. The van der Waals surface area contributed by atoms with E-state index in [4.69, 9.17) is 0 Å². The minimum atomic E-state index is -0.0319. The molecule has 1 atom stereocenters. The van der Waals surface area contributed by atoms with Crippen molar-refractivity contribution in [2.45, 2.75) is 63.6 Å². The molecule has 8 heteroatoms. The van der Waals surface area contributed by atoms with E-state index in [0.717, 1.165) is 73.6 Å². The number of hydrogen-bond acceptors (Lipinski definition) is 5. The van der Waals surface area contributed by atoms with E-state index in [9.17, 15) is 9.59 Å². The topological polar surface area (TPSA) is 80.1 Å². The first-order valence-corrected chi connectivity index (χ1v) is 10.7. The second-order valence-electron chi connectivity index (χ2n) is 7.65. The molecule has 1 aliphatic carbocycles. The third-order valence-corrected chi connectivity index (χ3v) is 6.84. The molecule has 7 nitrogen and oxygen atoms in total. The lowest BCUT2D eigenvalue weighted by Gasteiger charge is -2.24. The first-order chi connectivity index (χ1) is 13.2. The molecule has 5 rings (SSSR count). The van der Waals surface area contributed by atoms with Gasteiger partial charge in [0.05, 0.1) is 10.9 Å². The van der Waals surface area contributed by atoms with Gasteiger partial charge in [0.2, 0.25) is 5.82 Å². The number of rotatable bonds is 4. The minimum absolute atomic E-state index is 0.0103. The zero-order valence-corrected chi connectivity index (χ0v) is 16.0. The van der Waals surface area contributed by atoms with Crippen molar-refractivity contribution in [1.82, 2.24) is 25.0 Å². The van der Waals surface area contributed by atoms with Gasteiger partial charge in [-0.1, -0.05) is 0 Å². The van der Waals surface area contributed by atoms with Crippen LogP contribution in [0.15, 0.2) is 12.1 Å². The molecular formula is C19H23N5O2S. The first kappa shape index (κ1) is 16.9. The van der Waals surface area contributed by atoms with Crippen LogP contribution in [0, 0.1) is 0 Å². The summed E-state index contributed by atoms with van der Waals surface area (Å²) in [7, 11) is 0. The Kier molecular flexibility index (Phi) is 4.22. The van der Waals surface area contributed by atoms with Crippen molar-refractivity contribution < 1.29 is 9.59 Å². The van der Waals surface area contributed by atoms with Crippen LogP contribution >= 0.6 is 11.3 Å². The highest BCUT2D eigenvalue weighted by Crippen LogP contribution is 2.37. The summed E-state index contributed by atoms with van der Waals surface area (Å²) in [5.41, 5.74) is 0. The van der Waals surface area contributed by atoms with Gasteiger partial charge in [0.1, 0.15) is 5.82 Å². The van der Waals surface area contributed by atoms with Gasteiger partial charge in [-0.15, -0.1) is 21.5 Å². The number of likely N-dealkylation sites (tertiary alicyclic amines) is 1. The number of amides is 2. The van der Waals surface area contributed by atoms with E-state index >= 15 is 0 Å². The van der Waals surface area contributed by atoms with E-state index < -0.39 is 0 Å². The van der Waals surface area contributed by atoms with E-state index in [-0.39, 0.29) is 17.9 Å². The number of fused-ring (bicyclic) bond motifs is 1. The summed E-state index contributed by atoms with van der Waals surface area (Å²) < 4.78 is 1.99. The number of carbonyl (C=O) groups excluding carboxylic acids is 2. The summed E-state index contributed by atoms with van der Waals surface area (Å²) in [6.45, 7) is 1.56. The highest BCUT2D eigenvalue weighted by Gasteiger charge is 2.35. The molecule has 4 heterocycles. The van der Waals surface area contributed by atoms with Crippen molar-refractivity contribution in [3.8, 4) is 0 Å². The number of nitrogens with one attached hydrogen (secondary N) is 1. The molecule has 142 valence electrons. The largest absolute Gasteiger partial charge is 0.349 e.